The van der Waals surface area contributed by atoms with E-state index in [1.54, 1.807) is 18.2 Å². The standard InChI is InChI=1S/C19H23NO4S/c1-12-10-13(2)15(4)19(14(12)3)25(21,22)20-16-6-7-17-18(11-16)24-9-5-8-23-17/h6-7,10-11,20H,5,8-9H2,1-4H3. The summed E-state index contributed by atoms with van der Waals surface area (Å²) in [7, 11) is -3.70. The fourth-order valence-electron chi connectivity index (χ4n) is 3.02. The number of hydrogen-bond donors (Lipinski definition) is 1. The number of sulfonamides is 1. The third-order valence-electron chi connectivity index (χ3n) is 4.57. The molecule has 0 spiro atoms. The first-order valence-electron chi connectivity index (χ1n) is 8.29. The van der Waals surface area contributed by atoms with Gasteiger partial charge in [0.2, 0.25) is 0 Å². The van der Waals surface area contributed by atoms with Crippen LogP contribution in [0, 0.1) is 27.7 Å². The summed E-state index contributed by atoms with van der Waals surface area (Å²) >= 11 is 0. The Labute approximate surface area is 149 Å². The fourth-order valence-corrected chi connectivity index (χ4v) is 4.68. The van der Waals surface area contributed by atoms with E-state index in [9.17, 15) is 8.42 Å². The minimum atomic E-state index is -3.70. The van der Waals surface area contributed by atoms with E-state index in [0.29, 0.717) is 35.3 Å². The lowest BCUT2D eigenvalue weighted by molar-refractivity contribution is 0.297. The Morgan fingerprint density at radius 1 is 0.880 bits per heavy atom. The van der Waals surface area contributed by atoms with Crippen molar-refractivity contribution in [2.45, 2.75) is 39.0 Å². The van der Waals surface area contributed by atoms with Crippen molar-refractivity contribution in [3.05, 3.63) is 46.5 Å². The Balaban J connectivity index is 1.99. The second-order valence-corrected chi connectivity index (χ2v) is 8.03. The Hall–Kier alpha value is -2.21. The second kappa shape index (κ2) is 6.59. The van der Waals surface area contributed by atoms with Gasteiger partial charge in [0.1, 0.15) is 0 Å². The highest BCUT2D eigenvalue weighted by molar-refractivity contribution is 7.92. The predicted octanol–water partition coefficient (Wildman–Crippen LogP) is 3.88. The van der Waals surface area contributed by atoms with Crippen LogP contribution in [-0.4, -0.2) is 21.6 Å². The van der Waals surface area contributed by atoms with Crippen LogP contribution < -0.4 is 14.2 Å². The zero-order valence-corrected chi connectivity index (χ0v) is 15.8. The molecule has 25 heavy (non-hydrogen) atoms. The molecular formula is C19H23NO4S. The number of rotatable bonds is 3. The van der Waals surface area contributed by atoms with E-state index in [1.807, 2.05) is 33.8 Å². The monoisotopic (exact) mass is 361 g/mol. The van der Waals surface area contributed by atoms with E-state index < -0.39 is 10.0 Å². The minimum Gasteiger partial charge on any atom is -0.490 e. The lowest BCUT2D eigenvalue weighted by Crippen LogP contribution is -2.17. The molecule has 0 aromatic heterocycles. The molecule has 3 rings (SSSR count). The fraction of sp³-hybridized carbons (Fsp3) is 0.368. The number of benzene rings is 2. The molecule has 1 heterocycles. The van der Waals surface area contributed by atoms with Crippen LogP contribution in [0.15, 0.2) is 29.2 Å². The largest absolute Gasteiger partial charge is 0.490 e. The van der Waals surface area contributed by atoms with Crippen LogP contribution in [-0.2, 0) is 10.0 Å². The SMILES string of the molecule is Cc1cc(C)c(C)c(S(=O)(=O)Nc2ccc3c(c2)OCCCO3)c1C. The molecule has 0 amide bonds. The minimum absolute atomic E-state index is 0.345. The van der Waals surface area contributed by atoms with Gasteiger partial charge in [0, 0.05) is 12.5 Å². The molecule has 1 aliphatic rings. The Morgan fingerprint density at radius 2 is 1.48 bits per heavy atom. The van der Waals surface area contributed by atoms with Gasteiger partial charge in [0.25, 0.3) is 10.0 Å². The molecule has 0 unspecified atom stereocenters. The van der Waals surface area contributed by atoms with Gasteiger partial charge >= 0.3 is 0 Å². The second-order valence-electron chi connectivity index (χ2n) is 6.41. The smallest absolute Gasteiger partial charge is 0.262 e. The average molecular weight is 361 g/mol. The third-order valence-corrected chi connectivity index (χ3v) is 6.22. The van der Waals surface area contributed by atoms with Gasteiger partial charge in [0.15, 0.2) is 11.5 Å². The van der Waals surface area contributed by atoms with Crippen molar-refractivity contribution in [2.24, 2.45) is 0 Å². The first kappa shape index (κ1) is 17.6. The van der Waals surface area contributed by atoms with Crippen LogP contribution in [0.4, 0.5) is 5.69 Å². The molecule has 0 saturated heterocycles. The van der Waals surface area contributed by atoms with E-state index >= 15 is 0 Å². The molecule has 2 aromatic carbocycles. The average Bonchev–Trinajstić information content (AvgIpc) is 2.77. The van der Waals surface area contributed by atoms with Gasteiger partial charge in [-0.25, -0.2) is 8.42 Å². The van der Waals surface area contributed by atoms with E-state index in [0.717, 1.165) is 28.7 Å². The maximum Gasteiger partial charge on any atom is 0.262 e. The third kappa shape index (κ3) is 3.44. The van der Waals surface area contributed by atoms with Crippen molar-refractivity contribution >= 4 is 15.7 Å². The summed E-state index contributed by atoms with van der Waals surface area (Å²) in [5.41, 5.74) is 3.92. The number of hydrogen-bond acceptors (Lipinski definition) is 4. The Morgan fingerprint density at radius 3 is 2.12 bits per heavy atom. The van der Waals surface area contributed by atoms with E-state index in [1.165, 1.54) is 0 Å². The van der Waals surface area contributed by atoms with Crippen LogP contribution in [0.3, 0.4) is 0 Å². The predicted molar refractivity (Wildman–Crippen MR) is 98.2 cm³/mol. The number of ether oxygens (including phenoxy) is 2. The summed E-state index contributed by atoms with van der Waals surface area (Å²) in [5, 5.41) is 0. The van der Waals surface area contributed by atoms with E-state index in [-0.39, 0.29) is 0 Å². The number of fused-ring (bicyclic) bond motifs is 1. The van der Waals surface area contributed by atoms with Crippen LogP contribution >= 0.6 is 0 Å². The highest BCUT2D eigenvalue weighted by Gasteiger charge is 2.23. The number of anilines is 1. The number of nitrogens with one attached hydrogen (secondary N) is 1. The van der Waals surface area contributed by atoms with Crippen molar-refractivity contribution in [2.75, 3.05) is 17.9 Å². The molecule has 1 N–H and O–H groups in total. The molecule has 5 nitrogen and oxygen atoms in total. The Kier molecular flexibility index (Phi) is 4.64. The van der Waals surface area contributed by atoms with Crippen LogP contribution in [0.5, 0.6) is 11.5 Å². The van der Waals surface area contributed by atoms with Crippen molar-refractivity contribution < 1.29 is 17.9 Å². The van der Waals surface area contributed by atoms with Crippen molar-refractivity contribution in [1.29, 1.82) is 0 Å². The summed E-state index contributed by atoms with van der Waals surface area (Å²) in [5.74, 6) is 1.20. The molecule has 0 radical (unpaired) electrons. The summed E-state index contributed by atoms with van der Waals surface area (Å²) in [6.45, 7) is 8.68. The van der Waals surface area contributed by atoms with Crippen molar-refractivity contribution in [1.82, 2.24) is 0 Å². The maximum absolute atomic E-state index is 13.0. The van der Waals surface area contributed by atoms with Gasteiger partial charge in [0.05, 0.1) is 23.8 Å². The molecular weight excluding hydrogens is 338 g/mol. The van der Waals surface area contributed by atoms with Crippen LogP contribution in [0.1, 0.15) is 28.7 Å². The lowest BCUT2D eigenvalue weighted by atomic mass is 10.0. The molecule has 1 aliphatic heterocycles. The van der Waals surface area contributed by atoms with Crippen LogP contribution in [0.2, 0.25) is 0 Å². The summed E-state index contributed by atoms with van der Waals surface area (Å²) in [4.78, 5) is 0.345. The first-order chi connectivity index (χ1) is 11.8. The highest BCUT2D eigenvalue weighted by atomic mass is 32.2. The lowest BCUT2D eigenvalue weighted by Gasteiger charge is -2.17. The molecule has 6 heteroatoms. The van der Waals surface area contributed by atoms with Gasteiger partial charge in [-0.2, -0.15) is 0 Å². The van der Waals surface area contributed by atoms with Gasteiger partial charge in [-0.1, -0.05) is 6.07 Å². The van der Waals surface area contributed by atoms with Gasteiger partial charge in [-0.3, -0.25) is 4.72 Å². The van der Waals surface area contributed by atoms with Crippen LogP contribution in [0.25, 0.3) is 0 Å². The molecule has 0 atom stereocenters. The molecule has 0 saturated carbocycles. The summed E-state index contributed by atoms with van der Waals surface area (Å²) in [6, 6.07) is 7.11. The van der Waals surface area contributed by atoms with E-state index in [4.69, 9.17) is 9.47 Å². The van der Waals surface area contributed by atoms with Gasteiger partial charge < -0.3 is 9.47 Å². The van der Waals surface area contributed by atoms with Gasteiger partial charge in [-0.05, 0) is 62.1 Å². The van der Waals surface area contributed by atoms with Crippen molar-refractivity contribution in [3.8, 4) is 11.5 Å². The molecule has 134 valence electrons. The quantitative estimate of drug-likeness (QED) is 0.901. The summed E-state index contributed by atoms with van der Waals surface area (Å²) in [6.07, 6.45) is 0.802. The Bertz CT molecular complexity index is 893. The van der Waals surface area contributed by atoms with Crippen molar-refractivity contribution in [3.63, 3.8) is 0 Å². The van der Waals surface area contributed by atoms with E-state index in [2.05, 4.69) is 4.72 Å². The molecule has 2 aromatic rings. The zero-order valence-electron chi connectivity index (χ0n) is 15.0. The first-order valence-corrected chi connectivity index (χ1v) is 9.78. The summed E-state index contributed by atoms with van der Waals surface area (Å²) < 4.78 is 39.9. The van der Waals surface area contributed by atoms with Gasteiger partial charge in [-0.15, -0.1) is 0 Å². The molecule has 0 fully saturated rings. The maximum atomic E-state index is 13.0. The zero-order chi connectivity index (χ0) is 18.2. The normalized spacial score (nSPS) is 14.1. The molecule has 0 aliphatic carbocycles. The topological polar surface area (TPSA) is 64.6 Å². The molecule has 0 bridgehead atoms. The number of aryl methyl sites for hydroxylation is 2. The highest BCUT2D eigenvalue weighted by Crippen LogP contribution is 2.34.